The van der Waals surface area contributed by atoms with Gasteiger partial charge in [0.2, 0.25) is 0 Å². The number of ether oxygens (including phenoxy) is 1. The zero-order valence-electron chi connectivity index (χ0n) is 8.57. The first kappa shape index (κ1) is 12.3. The van der Waals surface area contributed by atoms with E-state index in [1.807, 2.05) is 0 Å². The van der Waals surface area contributed by atoms with Crippen LogP contribution in [0, 0.1) is 0 Å². The molecule has 0 fully saturated rings. The number of aldehydes is 1. The van der Waals surface area contributed by atoms with Crippen LogP contribution in [-0.2, 0) is 11.2 Å². The Morgan fingerprint density at radius 1 is 1.50 bits per heavy atom. The van der Waals surface area contributed by atoms with Gasteiger partial charge in [0.15, 0.2) is 0 Å². The van der Waals surface area contributed by atoms with E-state index in [1.54, 1.807) is 0 Å². The lowest BCUT2D eigenvalue weighted by atomic mass is 10.0. The van der Waals surface area contributed by atoms with Gasteiger partial charge in [0.25, 0.3) is 0 Å². The molecule has 0 saturated heterocycles. The van der Waals surface area contributed by atoms with E-state index in [1.165, 1.54) is 25.1 Å². The Balaban J connectivity index is 3.00. The van der Waals surface area contributed by atoms with Crippen LogP contribution in [0.4, 0.5) is 8.78 Å². The monoisotopic (exact) mass is 228 g/mol. The first-order chi connectivity index (χ1) is 7.52. The Morgan fingerprint density at radius 3 is 2.69 bits per heavy atom. The van der Waals surface area contributed by atoms with Crippen LogP contribution in [0.15, 0.2) is 18.2 Å². The second-order valence-electron chi connectivity index (χ2n) is 3.24. The summed E-state index contributed by atoms with van der Waals surface area (Å²) >= 11 is 0. The summed E-state index contributed by atoms with van der Waals surface area (Å²) in [5.74, 6) is -0.214. The molecule has 1 aromatic rings. The SMILES string of the molecule is CC(=O)Cc1cc(OC(F)F)ccc1C=O. The van der Waals surface area contributed by atoms with Gasteiger partial charge in [-0.05, 0) is 30.7 Å². The van der Waals surface area contributed by atoms with Crippen molar-refractivity contribution in [2.45, 2.75) is 20.0 Å². The third-order valence-corrected chi connectivity index (χ3v) is 1.91. The van der Waals surface area contributed by atoms with Crippen molar-refractivity contribution in [3.63, 3.8) is 0 Å². The number of carbonyl (C=O) groups is 2. The molecular formula is C11H10F2O3. The van der Waals surface area contributed by atoms with Crippen LogP contribution in [0.3, 0.4) is 0 Å². The molecule has 3 nitrogen and oxygen atoms in total. The van der Waals surface area contributed by atoms with E-state index < -0.39 is 6.61 Å². The second kappa shape index (κ2) is 5.34. The van der Waals surface area contributed by atoms with Crippen LogP contribution >= 0.6 is 0 Å². The molecule has 0 aromatic heterocycles. The van der Waals surface area contributed by atoms with Crippen molar-refractivity contribution in [2.75, 3.05) is 0 Å². The number of hydrogen-bond donors (Lipinski definition) is 0. The molecule has 0 bridgehead atoms. The molecule has 1 aromatic carbocycles. The van der Waals surface area contributed by atoms with Gasteiger partial charge in [-0.25, -0.2) is 0 Å². The standard InChI is InChI=1S/C11H10F2O3/c1-7(15)4-9-5-10(16-11(12)13)3-2-8(9)6-14/h2-3,5-6,11H,4H2,1H3. The summed E-state index contributed by atoms with van der Waals surface area (Å²) in [5, 5.41) is 0. The Bertz CT molecular complexity index is 402. The van der Waals surface area contributed by atoms with Crippen LogP contribution in [0.1, 0.15) is 22.8 Å². The molecule has 0 saturated carbocycles. The molecular weight excluding hydrogens is 218 g/mol. The van der Waals surface area contributed by atoms with Crippen molar-refractivity contribution in [1.82, 2.24) is 0 Å². The Morgan fingerprint density at radius 2 is 2.19 bits per heavy atom. The molecule has 0 spiro atoms. The van der Waals surface area contributed by atoms with E-state index in [0.29, 0.717) is 17.4 Å². The minimum Gasteiger partial charge on any atom is -0.435 e. The molecule has 0 amide bonds. The van der Waals surface area contributed by atoms with Gasteiger partial charge in [-0.15, -0.1) is 0 Å². The van der Waals surface area contributed by atoms with Gasteiger partial charge in [0.05, 0.1) is 0 Å². The van der Waals surface area contributed by atoms with Crippen molar-refractivity contribution in [1.29, 1.82) is 0 Å². The first-order valence-corrected chi connectivity index (χ1v) is 4.55. The molecule has 0 aliphatic rings. The van der Waals surface area contributed by atoms with Gasteiger partial charge in [0, 0.05) is 12.0 Å². The number of benzene rings is 1. The maximum absolute atomic E-state index is 11.9. The summed E-state index contributed by atoms with van der Waals surface area (Å²) in [6.45, 7) is -1.57. The van der Waals surface area contributed by atoms with Gasteiger partial charge >= 0.3 is 6.61 Å². The average Bonchev–Trinajstić information content (AvgIpc) is 2.16. The molecule has 86 valence electrons. The van der Waals surface area contributed by atoms with Gasteiger partial charge in [-0.2, -0.15) is 8.78 Å². The molecule has 0 aliphatic carbocycles. The van der Waals surface area contributed by atoms with E-state index in [0.717, 1.165) is 0 Å². The minimum atomic E-state index is -2.92. The third-order valence-electron chi connectivity index (χ3n) is 1.91. The fourth-order valence-corrected chi connectivity index (χ4v) is 1.29. The largest absolute Gasteiger partial charge is 0.435 e. The Hall–Kier alpha value is -1.78. The lowest BCUT2D eigenvalue weighted by molar-refractivity contribution is -0.116. The highest BCUT2D eigenvalue weighted by Crippen LogP contribution is 2.19. The molecule has 0 radical (unpaired) electrons. The zero-order chi connectivity index (χ0) is 12.1. The highest BCUT2D eigenvalue weighted by Gasteiger charge is 2.09. The van der Waals surface area contributed by atoms with Crippen LogP contribution in [-0.4, -0.2) is 18.7 Å². The number of Topliss-reactive ketones (excluding diaryl/α,β-unsaturated/α-hetero) is 1. The Kier molecular flexibility index (Phi) is 4.10. The van der Waals surface area contributed by atoms with Crippen LogP contribution in [0.2, 0.25) is 0 Å². The maximum Gasteiger partial charge on any atom is 0.387 e. The van der Waals surface area contributed by atoms with Crippen molar-refractivity contribution in [2.24, 2.45) is 0 Å². The normalized spacial score (nSPS) is 10.2. The van der Waals surface area contributed by atoms with E-state index in [9.17, 15) is 18.4 Å². The van der Waals surface area contributed by atoms with Gasteiger partial charge < -0.3 is 4.74 Å². The number of ketones is 1. The minimum absolute atomic E-state index is 0.0223. The number of hydrogen-bond acceptors (Lipinski definition) is 3. The fourth-order valence-electron chi connectivity index (χ4n) is 1.29. The molecule has 5 heteroatoms. The maximum atomic E-state index is 11.9. The third kappa shape index (κ3) is 3.42. The number of rotatable bonds is 5. The van der Waals surface area contributed by atoms with Crippen molar-refractivity contribution in [3.05, 3.63) is 29.3 Å². The van der Waals surface area contributed by atoms with E-state index in [-0.39, 0.29) is 18.0 Å². The van der Waals surface area contributed by atoms with Crippen LogP contribution < -0.4 is 4.74 Å². The smallest absolute Gasteiger partial charge is 0.387 e. The van der Waals surface area contributed by atoms with E-state index >= 15 is 0 Å². The zero-order valence-corrected chi connectivity index (χ0v) is 8.57. The lowest BCUT2D eigenvalue weighted by Gasteiger charge is -2.07. The fraction of sp³-hybridized carbons (Fsp3) is 0.273. The average molecular weight is 228 g/mol. The summed E-state index contributed by atoms with van der Waals surface area (Å²) in [6.07, 6.45) is 0.596. The van der Waals surface area contributed by atoms with Crippen molar-refractivity contribution < 1.29 is 23.1 Å². The highest BCUT2D eigenvalue weighted by molar-refractivity contribution is 5.84. The van der Waals surface area contributed by atoms with Crippen molar-refractivity contribution >= 4 is 12.1 Å². The van der Waals surface area contributed by atoms with Gasteiger partial charge in [-0.3, -0.25) is 9.59 Å². The van der Waals surface area contributed by atoms with Gasteiger partial charge in [0.1, 0.15) is 17.8 Å². The number of halogens is 2. The lowest BCUT2D eigenvalue weighted by Crippen LogP contribution is -2.05. The summed E-state index contributed by atoms with van der Waals surface area (Å²) < 4.78 is 28.1. The summed E-state index contributed by atoms with van der Waals surface area (Å²) in [4.78, 5) is 21.6. The van der Waals surface area contributed by atoms with Crippen LogP contribution in [0.5, 0.6) is 5.75 Å². The molecule has 16 heavy (non-hydrogen) atoms. The van der Waals surface area contributed by atoms with E-state index in [4.69, 9.17) is 0 Å². The summed E-state index contributed by atoms with van der Waals surface area (Å²) in [7, 11) is 0. The number of carbonyl (C=O) groups excluding carboxylic acids is 2. The predicted molar refractivity (Wildman–Crippen MR) is 52.8 cm³/mol. The Labute approximate surface area is 91.0 Å². The topological polar surface area (TPSA) is 43.4 Å². The number of alkyl halides is 2. The first-order valence-electron chi connectivity index (χ1n) is 4.55. The second-order valence-corrected chi connectivity index (χ2v) is 3.24. The molecule has 0 unspecified atom stereocenters. The quantitative estimate of drug-likeness (QED) is 0.726. The molecule has 0 atom stereocenters. The molecule has 0 heterocycles. The van der Waals surface area contributed by atoms with Gasteiger partial charge in [-0.1, -0.05) is 0 Å². The van der Waals surface area contributed by atoms with E-state index in [2.05, 4.69) is 4.74 Å². The summed E-state index contributed by atoms with van der Waals surface area (Å²) in [6, 6.07) is 3.89. The van der Waals surface area contributed by atoms with Crippen LogP contribution in [0.25, 0.3) is 0 Å². The highest BCUT2D eigenvalue weighted by atomic mass is 19.3. The van der Waals surface area contributed by atoms with Crippen molar-refractivity contribution in [3.8, 4) is 5.75 Å². The predicted octanol–water partition coefficient (Wildman–Crippen LogP) is 2.23. The molecule has 1 rings (SSSR count). The molecule has 0 aliphatic heterocycles. The molecule has 0 N–H and O–H groups in total. The summed E-state index contributed by atoms with van der Waals surface area (Å²) in [5.41, 5.74) is 0.692.